The maximum absolute atomic E-state index is 12.9. The second kappa shape index (κ2) is 9.58. The van der Waals surface area contributed by atoms with Gasteiger partial charge in [-0.1, -0.05) is 12.1 Å². The molecular formula is C20H20N2O9S2. The molecule has 1 aliphatic rings. The van der Waals surface area contributed by atoms with Gasteiger partial charge in [0, 0.05) is 13.0 Å². The van der Waals surface area contributed by atoms with Gasteiger partial charge in [0.05, 0.1) is 25.5 Å². The number of anilines is 1. The molecule has 0 unspecified atom stereocenters. The van der Waals surface area contributed by atoms with E-state index < -0.39 is 32.1 Å². The van der Waals surface area contributed by atoms with Gasteiger partial charge in [0.15, 0.2) is 10.8 Å². The molecule has 0 spiro atoms. The van der Waals surface area contributed by atoms with Crippen molar-refractivity contribution in [2.75, 3.05) is 32.3 Å². The predicted molar refractivity (Wildman–Crippen MR) is 116 cm³/mol. The molecule has 3 rings (SSSR count). The fourth-order valence-electron chi connectivity index (χ4n) is 3.16. The monoisotopic (exact) mass is 496 g/mol. The van der Waals surface area contributed by atoms with E-state index in [1.165, 1.54) is 11.8 Å². The summed E-state index contributed by atoms with van der Waals surface area (Å²) in [7, 11) is -2.36. The Morgan fingerprint density at radius 3 is 2.48 bits per heavy atom. The molecule has 176 valence electrons. The number of para-hydroxylation sites is 2. The van der Waals surface area contributed by atoms with E-state index in [1.807, 2.05) is 4.72 Å². The van der Waals surface area contributed by atoms with Crippen LogP contribution in [-0.2, 0) is 29.1 Å². The summed E-state index contributed by atoms with van der Waals surface area (Å²) in [5, 5.41) is 0. The first-order chi connectivity index (χ1) is 15.6. The van der Waals surface area contributed by atoms with E-state index in [4.69, 9.17) is 4.74 Å². The first-order valence-electron chi connectivity index (χ1n) is 9.48. The Balaban J connectivity index is 1.81. The smallest absolute Gasteiger partial charge is 0.348 e. The molecule has 0 bridgehead atoms. The summed E-state index contributed by atoms with van der Waals surface area (Å²) in [5.41, 5.74) is 0.163. The van der Waals surface area contributed by atoms with Crippen molar-refractivity contribution in [3.05, 3.63) is 40.3 Å². The van der Waals surface area contributed by atoms with Crippen LogP contribution in [0, 0.1) is 6.92 Å². The average molecular weight is 497 g/mol. The van der Waals surface area contributed by atoms with Gasteiger partial charge in [-0.15, -0.1) is 11.3 Å². The number of carbonyl (C=O) groups excluding carboxylic acids is 4. The predicted octanol–water partition coefficient (Wildman–Crippen LogP) is 1.25. The second-order valence-corrected chi connectivity index (χ2v) is 9.68. The molecule has 1 aromatic carbocycles. The van der Waals surface area contributed by atoms with Crippen molar-refractivity contribution in [3.63, 3.8) is 0 Å². The number of esters is 2. The Hall–Kier alpha value is -3.45. The largest absolute Gasteiger partial charge is 0.482 e. The molecule has 2 heterocycles. The van der Waals surface area contributed by atoms with Gasteiger partial charge in [0.2, 0.25) is 5.91 Å². The lowest BCUT2D eigenvalue weighted by Crippen LogP contribution is -2.41. The standard InChI is InChI=1S/C20H20N2O9S2/c1-11-16(18(25)29-2)20(32-17(11)19(26)30-3)33(27,28)21-14(23)8-9-22-12-6-4-5-7-13(12)31-10-15(22)24/h4-7H,8-10H2,1-3H3,(H,21,23). The van der Waals surface area contributed by atoms with Crippen molar-refractivity contribution in [3.8, 4) is 5.75 Å². The zero-order chi connectivity index (χ0) is 24.3. The molecule has 1 aromatic heterocycles. The van der Waals surface area contributed by atoms with E-state index in [2.05, 4.69) is 9.47 Å². The second-order valence-electron chi connectivity index (χ2n) is 6.78. The number of hydrogen-bond acceptors (Lipinski definition) is 10. The number of benzene rings is 1. The summed E-state index contributed by atoms with van der Waals surface area (Å²) in [5.74, 6) is -2.64. The number of amides is 2. The number of thiophene rings is 1. The number of rotatable bonds is 7. The number of nitrogens with one attached hydrogen (secondary N) is 1. The van der Waals surface area contributed by atoms with E-state index in [0.29, 0.717) is 22.8 Å². The van der Waals surface area contributed by atoms with Crippen LogP contribution in [0.4, 0.5) is 5.69 Å². The molecule has 2 amide bonds. The first kappa shape index (κ1) is 24.2. The molecule has 11 nitrogen and oxygen atoms in total. The third-order valence-electron chi connectivity index (χ3n) is 4.74. The average Bonchev–Trinajstić information content (AvgIpc) is 3.15. The van der Waals surface area contributed by atoms with E-state index in [0.717, 1.165) is 14.2 Å². The van der Waals surface area contributed by atoms with Crippen LogP contribution in [-0.4, -0.2) is 59.5 Å². The third kappa shape index (κ3) is 4.83. The summed E-state index contributed by atoms with van der Waals surface area (Å²) in [6.45, 7) is 1.07. The van der Waals surface area contributed by atoms with E-state index in [1.54, 1.807) is 24.3 Å². The maximum Gasteiger partial charge on any atom is 0.348 e. The summed E-state index contributed by atoms with van der Waals surface area (Å²) in [4.78, 5) is 50.1. The highest BCUT2D eigenvalue weighted by atomic mass is 32.2. The lowest BCUT2D eigenvalue weighted by molar-refractivity contribution is -0.121. The van der Waals surface area contributed by atoms with Crippen molar-refractivity contribution >= 4 is 50.8 Å². The van der Waals surface area contributed by atoms with E-state index in [-0.39, 0.29) is 41.5 Å². The molecule has 0 fully saturated rings. The summed E-state index contributed by atoms with van der Waals surface area (Å²) in [6.07, 6.45) is -0.346. The Morgan fingerprint density at radius 2 is 1.82 bits per heavy atom. The van der Waals surface area contributed by atoms with Crippen LogP contribution in [0.15, 0.2) is 28.5 Å². The summed E-state index contributed by atoms with van der Waals surface area (Å²) in [6, 6.07) is 6.75. The lowest BCUT2D eigenvalue weighted by atomic mass is 10.2. The molecule has 0 aliphatic carbocycles. The molecule has 1 N–H and O–H groups in total. The number of ether oxygens (including phenoxy) is 3. The van der Waals surface area contributed by atoms with Crippen LogP contribution >= 0.6 is 11.3 Å². The molecule has 1 aliphatic heterocycles. The van der Waals surface area contributed by atoms with Gasteiger partial charge >= 0.3 is 11.9 Å². The minimum atomic E-state index is -4.53. The number of fused-ring (bicyclic) bond motifs is 1. The zero-order valence-corrected chi connectivity index (χ0v) is 19.5. The third-order valence-corrected chi connectivity index (χ3v) is 7.90. The molecule has 0 radical (unpaired) electrons. The van der Waals surface area contributed by atoms with Crippen LogP contribution in [0.2, 0.25) is 0 Å². The first-order valence-corrected chi connectivity index (χ1v) is 11.8. The molecule has 0 atom stereocenters. The SMILES string of the molecule is COC(=O)c1sc(S(=O)(=O)NC(=O)CCN2C(=O)COc3ccccc32)c(C(=O)OC)c1C. The summed E-state index contributed by atoms with van der Waals surface area (Å²) < 4.78 is 41.7. The van der Waals surface area contributed by atoms with Crippen molar-refractivity contribution in [2.45, 2.75) is 17.6 Å². The van der Waals surface area contributed by atoms with Crippen LogP contribution in [0.25, 0.3) is 0 Å². The Morgan fingerprint density at radius 1 is 1.15 bits per heavy atom. The topological polar surface area (TPSA) is 145 Å². The van der Waals surface area contributed by atoms with Gasteiger partial charge in [0.25, 0.3) is 15.9 Å². The Kier molecular flexibility index (Phi) is 7.03. The summed E-state index contributed by atoms with van der Waals surface area (Å²) >= 11 is 0.490. The number of methoxy groups -OCH3 is 2. The van der Waals surface area contributed by atoms with Crippen LogP contribution < -0.4 is 14.4 Å². The number of nitrogens with zero attached hydrogens (tertiary/aromatic N) is 1. The molecule has 2 aromatic rings. The number of sulfonamides is 1. The van der Waals surface area contributed by atoms with Crippen LogP contribution in [0.3, 0.4) is 0 Å². The Labute approximate surface area is 193 Å². The van der Waals surface area contributed by atoms with E-state index >= 15 is 0 Å². The number of carbonyl (C=O) groups is 4. The van der Waals surface area contributed by atoms with Crippen molar-refractivity contribution < 1.29 is 41.8 Å². The van der Waals surface area contributed by atoms with Gasteiger partial charge in [-0.2, -0.15) is 0 Å². The van der Waals surface area contributed by atoms with Crippen molar-refractivity contribution in [1.82, 2.24) is 4.72 Å². The molecular weight excluding hydrogens is 476 g/mol. The van der Waals surface area contributed by atoms with Gasteiger partial charge in [0.1, 0.15) is 10.6 Å². The van der Waals surface area contributed by atoms with Crippen LogP contribution in [0.5, 0.6) is 5.75 Å². The quantitative estimate of drug-likeness (QED) is 0.560. The lowest BCUT2D eigenvalue weighted by Gasteiger charge is -2.29. The minimum Gasteiger partial charge on any atom is -0.482 e. The molecule has 0 saturated heterocycles. The van der Waals surface area contributed by atoms with Crippen molar-refractivity contribution in [1.29, 1.82) is 0 Å². The van der Waals surface area contributed by atoms with Gasteiger partial charge in [-0.05, 0) is 24.6 Å². The molecule has 13 heteroatoms. The van der Waals surface area contributed by atoms with Crippen LogP contribution in [0.1, 0.15) is 32.0 Å². The fourth-order valence-corrected chi connectivity index (χ4v) is 5.92. The Bertz CT molecular complexity index is 1230. The highest BCUT2D eigenvalue weighted by Crippen LogP contribution is 2.34. The van der Waals surface area contributed by atoms with Gasteiger partial charge < -0.3 is 19.1 Å². The highest BCUT2D eigenvalue weighted by molar-refractivity contribution is 7.92. The highest BCUT2D eigenvalue weighted by Gasteiger charge is 2.34. The van der Waals surface area contributed by atoms with Gasteiger partial charge in [-0.25, -0.2) is 22.7 Å². The maximum atomic E-state index is 12.9. The zero-order valence-electron chi connectivity index (χ0n) is 17.9. The minimum absolute atomic E-state index is 0.0574. The molecule has 33 heavy (non-hydrogen) atoms. The van der Waals surface area contributed by atoms with Gasteiger partial charge in [-0.3, -0.25) is 9.59 Å². The number of hydrogen-bond donors (Lipinski definition) is 1. The molecule has 0 saturated carbocycles. The van der Waals surface area contributed by atoms with Crippen molar-refractivity contribution in [2.24, 2.45) is 0 Å². The van der Waals surface area contributed by atoms with E-state index in [9.17, 15) is 27.6 Å². The fraction of sp³-hybridized carbons (Fsp3) is 0.300. The normalized spacial score (nSPS) is 13.1.